The smallest absolute Gasteiger partial charge is 0.251 e. The maximum Gasteiger partial charge on any atom is 0.251 e. The van der Waals surface area contributed by atoms with Gasteiger partial charge in [0.1, 0.15) is 0 Å². The first-order chi connectivity index (χ1) is 9.13. The van der Waals surface area contributed by atoms with Crippen LogP contribution in [0.15, 0.2) is 16.9 Å². The van der Waals surface area contributed by atoms with Crippen LogP contribution in [0.3, 0.4) is 0 Å². The summed E-state index contributed by atoms with van der Waals surface area (Å²) in [5.41, 5.74) is 2.08. The van der Waals surface area contributed by atoms with Gasteiger partial charge in [0.05, 0.1) is 0 Å². The molecule has 0 aliphatic carbocycles. The summed E-state index contributed by atoms with van der Waals surface area (Å²) in [7, 11) is 0. The molecule has 1 fully saturated rings. The van der Waals surface area contributed by atoms with Crippen LogP contribution < -0.4 is 16.2 Å². The molecule has 2 N–H and O–H groups in total. The maximum atomic E-state index is 12.2. The Bertz CT molecular complexity index is 564. The van der Waals surface area contributed by atoms with Gasteiger partial charge in [-0.05, 0) is 30.5 Å². The van der Waals surface area contributed by atoms with Crippen molar-refractivity contribution >= 4 is 5.91 Å². The Morgan fingerprint density at radius 1 is 1.47 bits per heavy atom. The monoisotopic (exact) mass is 261 g/mol. The third kappa shape index (κ3) is 2.42. The fraction of sp³-hybridized carbons (Fsp3) is 0.571. The van der Waals surface area contributed by atoms with Crippen LogP contribution in [0.4, 0.5) is 0 Å². The average molecular weight is 261 g/mol. The zero-order valence-electron chi connectivity index (χ0n) is 11.1. The number of rotatable bonds is 2. The first-order valence-corrected chi connectivity index (χ1v) is 6.82. The van der Waals surface area contributed by atoms with Crippen LogP contribution in [-0.4, -0.2) is 23.6 Å². The minimum absolute atomic E-state index is 0.0643. The zero-order valence-corrected chi connectivity index (χ0v) is 11.1. The summed E-state index contributed by atoms with van der Waals surface area (Å²) in [6.07, 6.45) is 1.16. The van der Waals surface area contributed by atoms with Crippen LogP contribution in [0, 0.1) is 5.92 Å². The molecule has 1 aromatic heterocycles. The number of carbonyl (C=O) groups excluding carboxylic acids is 1. The number of carbonyl (C=O) groups is 1. The van der Waals surface area contributed by atoms with E-state index in [9.17, 15) is 9.59 Å². The van der Waals surface area contributed by atoms with Crippen molar-refractivity contribution in [3.8, 4) is 0 Å². The number of pyridine rings is 1. The first kappa shape index (κ1) is 12.4. The van der Waals surface area contributed by atoms with Crippen molar-refractivity contribution in [1.82, 2.24) is 15.2 Å². The molecular formula is C14H19N3O2. The number of hydrogen-bond acceptors (Lipinski definition) is 3. The van der Waals surface area contributed by atoms with Gasteiger partial charge in [0.2, 0.25) is 5.91 Å². The number of aromatic nitrogens is 1. The van der Waals surface area contributed by atoms with E-state index in [1.54, 1.807) is 6.07 Å². The highest BCUT2D eigenvalue weighted by molar-refractivity contribution is 5.72. The van der Waals surface area contributed by atoms with E-state index < -0.39 is 0 Å². The molecule has 3 heterocycles. The second-order valence-electron chi connectivity index (χ2n) is 5.60. The van der Waals surface area contributed by atoms with Gasteiger partial charge in [-0.2, -0.15) is 0 Å². The lowest BCUT2D eigenvalue weighted by molar-refractivity contribution is -0.119. The molecule has 2 aliphatic rings. The Hall–Kier alpha value is -1.62. The van der Waals surface area contributed by atoms with E-state index in [-0.39, 0.29) is 11.5 Å². The molecule has 1 amide bonds. The standard InChI is InChI=1S/C14H19N3O2/c1-9(18)16-6-10-3-13-12-2-11(5-15-7-12)8-17(13)14(19)4-10/h3-4,11-12,15H,2,5-8H2,1H3,(H,16,18). The van der Waals surface area contributed by atoms with Crippen LogP contribution in [0.2, 0.25) is 0 Å². The van der Waals surface area contributed by atoms with Crippen molar-refractivity contribution in [2.45, 2.75) is 32.4 Å². The molecule has 5 nitrogen and oxygen atoms in total. The molecule has 2 bridgehead atoms. The molecule has 5 heteroatoms. The van der Waals surface area contributed by atoms with E-state index in [4.69, 9.17) is 0 Å². The summed E-state index contributed by atoms with van der Waals surface area (Å²) >= 11 is 0. The quantitative estimate of drug-likeness (QED) is 0.799. The molecular weight excluding hydrogens is 242 g/mol. The Kier molecular flexibility index (Phi) is 3.14. The van der Waals surface area contributed by atoms with Gasteiger partial charge in [-0.25, -0.2) is 0 Å². The maximum absolute atomic E-state index is 12.2. The summed E-state index contributed by atoms with van der Waals surface area (Å²) in [5, 5.41) is 6.18. The van der Waals surface area contributed by atoms with E-state index in [0.29, 0.717) is 18.4 Å². The van der Waals surface area contributed by atoms with Gasteiger partial charge in [-0.1, -0.05) is 0 Å². The minimum atomic E-state index is -0.0720. The average Bonchev–Trinajstić information content (AvgIpc) is 2.38. The minimum Gasteiger partial charge on any atom is -0.352 e. The molecule has 1 aromatic rings. The van der Waals surface area contributed by atoms with Crippen LogP contribution >= 0.6 is 0 Å². The van der Waals surface area contributed by atoms with Crippen LogP contribution in [0.25, 0.3) is 0 Å². The second kappa shape index (κ2) is 4.81. The third-order valence-corrected chi connectivity index (χ3v) is 4.06. The number of nitrogens with zero attached hydrogens (tertiary/aromatic N) is 1. The lowest BCUT2D eigenvalue weighted by atomic mass is 9.84. The molecule has 0 spiro atoms. The topological polar surface area (TPSA) is 63.1 Å². The van der Waals surface area contributed by atoms with Crippen molar-refractivity contribution < 1.29 is 4.79 Å². The summed E-state index contributed by atoms with van der Waals surface area (Å²) < 4.78 is 1.91. The molecule has 0 radical (unpaired) electrons. The number of hydrogen-bond donors (Lipinski definition) is 2. The normalized spacial score (nSPS) is 24.7. The van der Waals surface area contributed by atoms with Crippen molar-refractivity contribution in [2.24, 2.45) is 5.92 Å². The van der Waals surface area contributed by atoms with Gasteiger partial charge >= 0.3 is 0 Å². The molecule has 0 saturated carbocycles. The highest BCUT2D eigenvalue weighted by Crippen LogP contribution is 2.31. The Morgan fingerprint density at radius 2 is 2.32 bits per heavy atom. The molecule has 2 atom stereocenters. The van der Waals surface area contributed by atoms with Gasteiger partial charge in [0.25, 0.3) is 5.56 Å². The highest BCUT2D eigenvalue weighted by Gasteiger charge is 2.30. The predicted molar refractivity (Wildman–Crippen MR) is 71.9 cm³/mol. The Morgan fingerprint density at radius 3 is 3.11 bits per heavy atom. The largest absolute Gasteiger partial charge is 0.352 e. The molecule has 3 rings (SSSR count). The summed E-state index contributed by atoms with van der Waals surface area (Å²) in [5.74, 6) is 0.930. The molecule has 2 aliphatic heterocycles. The van der Waals surface area contributed by atoms with Crippen LogP contribution in [-0.2, 0) is 17.9 Å². The molecule has 2 unspecified atom stereocenters. The van der Waals surface area contributed by atoms with E-state index in [1.165, 1.54) is 6.92 Å². The molecule has 19 heavy (non-hydrogen) atoms. The van der Waals surface area contributed by atoms with Gasteiger partial charge in [0.15, 0.2) is 0 Å². The number of nitrogens with one attached hydrogen (secondary N) is 2. The first-order valence-electron chi connectivity index (χ1n) is 6.82. The summed E-state index contributed by atoms with van der Waals surface area (Å²) in [6.45, 7) is 4.69. The van der Waals surface area contributed by atoms with Gasteiger partial charge in [-0.3, -0.25) is 9.59 Å². The van der Waals surface area contributed by atoms with E-state index in [2.05, 4.69) is 16.7 Å². The zero-order chi connectivity index (χ0) is 13.4. The SMILES string of the molecule is CC(=O)NCc1cc2n(c(=O)c1)CC1CNCC2C1. The third-order valence-electron chi connectivity index (χ3n) is 4.06. The second-order valence-corrected chi connectivity index (χ2v) is 5.60. The van der Waals surface area contributed by atoms with Crippen LogP contribution in [0.5, 0.6) is 0 Å². The van der Waals surface area contributed by atoms with Crippen molar-refractivity contribution in [2.75, 3.05) is 13.1 Å². The number of amides is 1. The van der Waals surface area contributed by atoms with Crippen molar-refractivity contribution in [3.63, 3.8) is 0 Å². The molecule has 0 aromatic carbocycles. The fourth-order valence-electron chi connectivity index (χ4n) is 3.19. The number of piperidine rings is 1. The summed E-state index contributed by atoms with van der Waals surface area (Å²) in [6, 6.07) is 3.72. The van der Waals surface area contributed by atoms with Gasteiger partial charge in [0, 0.05) is 44.2 Å². The van der Waals surface area contributed by atoms with Crippen molar-refractivity contribution in [3.05, 3.63) is 33.7 Å². The van der Waals surface area contributed by atoms with Gasteiger partial charge < -0.3 is 15.2 Å². The fourth-order valence-corrected chi connectivity index (χ4v) is 3.19. The predicted octanol–water partition coefficient (Wildman–Crippen LogP) is 0.191. The van der Waals surface area contributed by atoms with E-state index in [0.717, 1.165) is 37.3 Å². The van der Waals surface area contributed by atoms with Crippen LogP contribution in [0.1, 0.15) is 30.5 Å². The lowest BCUT2D eigenvalue weighted by Crippen LogP contribution is -2.45. The van der Waals surface area contributed by atoms with E-state index in [1.807, 2.05) is 4.57 Å². The van der Waals surface area contributed by atoms with E-state index >= 15 is 0 Å². The molecule has 1 saturated heterocycles. The summed E-state index contributed by atoms with van der Waals surface area (Å²) in [4.78, 5) is 23.1. The van der Waals surface area contributed by atoms with Crippen molar-refractivity contribution in [1.29, 1.82) is 0 Å². The van der Waals surface area contributed by atoms with Gasteiger partial charge in [-0.15, -0.1) is 0 Å². The number of fused-ring (bicyclic) bond motifs is 4. The highest BCUT2D eigenvalue weighted by atomic mass is 16.1. The Balaban J connectivity index is 1.94. The molecule has 102 valence electrons. The Labute approximate surface area is 112 Å². The lowest BCUT2D eigenvalue weighted by Gasteiger charge is -2.37.